The van der Waals surface area contributed by atoms with E-state index in [0.29, 0.717) is 18.7 Å². The van der Waals surface area contributed by atoms with E-state index in [1.54, 1.807) is 12.4 Å². The molecule has 27 heavy (non-hydrogen) atoms. The van der Waals surface area contributed by atoms with Crippen LogP contribution >= 0.6 is 0 Å². The SMILES string of the molecule is CCn1ncc2c(N[C@H]3CCOC3)c(C(=O)NCc3ccccc3)cnc21. The molecule has 2 aromatic heterocycles. The molecule has 7 heteroatoms. The first kappa shape index (κ1) is 17.5. The summed E-state index contributed by atoms with van der Waals surface area (Å²) >= 11 is 0. The highest BCUT2D eigenvalue weighted by atomic mass is 16.5. The van der Waals surface area contributed by atoms with Crippen molar-refractivity contribution in [1.82, 2.24) is 20.1 Å². The molecule has 1 amide bonds. The van der Waals surface area contributed by atoms with Crippen molar-refractivity contribution in [1.29, 1.82) is 0 Å². The van der Waals surface area contributed by atoms with E-state index >= 15 is 0 Å². The average Bonchev–Trinajstić information content (AvgIpc) is 3.36. The second-order valence-electron chi connectivity index (χ2n) is 6.62. The van der Waals surface area contributed by atoms with Crippen molar-refractivity contribution in [3.63, 3.8) is 0 Å². The van der Waals surface area contributed by atoms with Crippen LogP contribution in [0.4, 0.5) is 5.69 Å². The molecule has 1 aliphatic rings. The molecule has 3 aromatic rings. The van der Waals surface area contributed by atoms with Gasteiger partial charge >= 0.3 is 0 Å². The number of carbonyl (C=O) groups excluding carboxylic acids is 1. The lowest BCUT2D eigenvalue weighted by Crippen LogP contribution is -2.26. The van der Waals surface area contributed by atoms with Gasteiger partial charge in [0, 0.05) is 25.9 Å². The van der Waals surface area contributed by atoms with Crippen LogP contribution in [-0.4, -0.2) is 39.9 Å². The molecule has 0 saturated carbocycles. The molecule has 1 aliphatic heterocycles. The molecule has 0 unspecified atom stereocenters. The maximum absolute atomic E-state index is 12.9. The molecular formula is C20H23N5O2. The van der Waals surface area contributed by atoms with Gasteiger partial charge in [-0.25, -0.2) is 9.67 Å². The number of pyridine rings is 1. The Morgan fingerprint density at radius 2 is 2.15 bits per heavy atom. The van der Waals surface area contributed by atoms with E-state index in [4.69, 9.17) is 4.74 Å². The zero-order valence-electron chi connectivity index (χ0n) is 15.3. The Labute approximate surface area is 157 Å². The van der Waals surface area contributed by atoms with Gasteiger partial charge in [-0.1, -0.05) is 30.3 Å². The predicted octanol–water partition coefficient (Wildman–Crippen LogP) is 2.58. The standard InChI is InChI=1S/C20H23N5O2/c1-2-25-19-16(12-23-25)18(24-15-8-9-27-13-15)17(11-21-19)20(26)22-10-14-6-4-3-5-7-14/h3-7,11-12,15H,2,8-10,13H2,1H3,(H,21,24)(H,22,26)/t15-/m0/s1. The molecule has 1 saturated heterocycles. The molecule has 1 aromatic carbocycles. The van der Waals surface area contributed by atoms with Crippen LogP contribution in [-0.2, 0) is 17.8 Å². The number of ether oxygens (including phenoxy) is 1. The van der Waals surface area contributed by atoms with Crippen molar-refractivity contribution in [3.05, 3.63) is 53.9 Å². The van der Waals surface area contributed by atoms with E-state index in [9.17, 15) is 4.79 Å². The van der Waals surface area contributed by atoms with Crippen LogP contribution in [0.5, 0.6) is 0 Å². The summed E-state index contributed by atoms with van der Waals surface area (Å²) in [6, 6.07) is 10.0. The van der Waals surface area contributed by atoms with E-state index < -0.39 is 0 Å². The van der Waals surface area contributed by atoms with Gasteiger partial charge < -0.3 is 15.4 Å². The maximum Gasteiger partial charge on any atom is 0.255 e. The zero-order valence-corrected chi connectivity index (χ0v) is 15.3. The Hall–Kier alpha value is -2.93. The number of rotatable bonds is 6. The summed E-state index contributed by atoms with van der Waals surface area (Å²) in [6.07, 6.45) is 4.32. The first-order valence-corrected chi connectivity index (χ1v) is 9.27. The lowest BCUT2D eigenvalue weighted by molar-refractivity contribution is 0.0951. The van der Waals surface area contributed by atoms with E-state index in [2.05, 4.69) is 20.7 Å². The third-order valence-electron chi connectivity index (χ3n) is 4.78. The average molecular weight is 365 g/mol. The Balaban J connectivity index is 1.64. The smallest absolute Gasteiger partial charge is 0.255 e. The van der Waals surface area contributed by atoms with Crippen LogP contribution in [0.25, 0.3) is 11.0 Å². The number of anilines is 1. The van der Waals surface area contributed by atoms with Crippen molar-refractivity contribution in [2.75, 3.05) is 18.5 Å². The lowest BCUT2D eigenvalue weighted by Gasteiger charge is -2.17. The molecule has 0 aliphatic carbocycles. The maximum atomic E-state index is 12.9. The number of nitrogens with one attached hydrogen (secondary N) is 2. The third-order valence-corrected chi connectivity index (χ3v) is 4.78. The quantitative estimate of drug-likeness (QED) is 0.702. The fourth-order valence-corrected chi connectivity index (χ4v) is 3.31. The molecule has 4 rings (SSSR count). The number of carbonyl (C=O) groups is 1. The summed E-state index contributed by atoms with van der Waals surface area (Å²) < 4.78 is 7.30. The molecule has 2 N–H and O–H groups in total. The number of hydrogen-bond acceptors (Lipinski definition) is 5. The Kier molecular flexibility index (Phi) is 5.02. The third kappa shape index (κ3) is 3.64. The van der Waals surface area contributed by atoms with E-state index in [0.717, 1.165) is 41.9 Å². The van der Waals surface area contributed by atoms with Crippen LogP contribution in [0.15, 0.2) is 42.7 Å². The monoisotopic (exact) mass is 365 g/mol. The molecule has 0 radical (unpaired) electrons. The normalized spacial score (nSPS) is 16.6. The zero-order chi connectivity index (χ0) is 18.6. The molecule has 1 fully saturated rings. The summed E-state index contributed by atoms with van der Waals surface area (Å²) in [4.78, 5) is 17.4. The van der Waals surface area contributed by atoms with Gasteiger partial charge in [0.2, 0.25) is 0 Å². The minimum atomic E-state index is -0.154. The fraction of sp³-hybridized carbons (Fsp3) is 0.350. The van der Waals surface area contributed by atoms with E-state index in [1.165, 1.54) is 0 Å². The number of fused-ring (bicyclic) bond motifs is 1. The summed E-state index contributed by atoms with van der Waals surface area (Å²) in [7, 11) is 0. The fourth-order valence-electron chi connectivity index (χ4n) is 3.31. The van der Waals surface area contributed by atoms with Crippen LogP contribution in [0, 0.1) is 0 Å². The van der Waals surface area contributed by atoms with Gasteiger partial charge in [-0.3, -0.25) is 4.79 Å². The molecule has 0 spiro atoms. The highest BCUT2D eigenvalue weighted by Gasteiger charge is 2.22. The van der Waals surface area contributed by atoms with Gasteiger partial charge in [-0.05, 0) is 18.9 Å². The Morgan fingerprint density at radius 3 is 2.89 bits per heavy atom. The first-order chi connectivity index (χ1) is 13.3. The number of amides is 1. The van der Waals surface area contributed by atoms with E-state index in [1.807, 2.05) is 41.9 Å². The summed E-state index contributed by atoms with van der Waals surface area (Å²) in [6.45, 7) is 4.58. The predicted molar refractivity (Wildman–Crippen MR) is 104 cm³/mol. The molecule has 7 nitrogen and oxygen atoms in total. The lowest BCUT2D eigenvalue weighted by atomic mass is 10.1. The van der Waals surface area contributed by atoms with Crippen molar-refractivity contribution in [2.24, 2.45) is 0 Å². The number of aromatic nitrogens is 3. The minimum Gasteiger partial charge on any atom is -0.379 e. The van der Waals surface area contributed by atoms with Crippen LogP contribution in [0.1, 0.15) is 29.3 Å². The van der Waals surface area contributed by atoms with Gasteiger partial charge in [0.05, 0.1) is 35.5 Å². The highest BCUT2D eigenvalue weighted by Crippen LogP contribution is 2.28. The van der Waals surface area contributed by atoms with Gasteiger partial charge in [0.15, 0.2) is 5.65 Å². The van der Waals surface area contributed by atoms with Crippen molar-refractivity contribution >= 4 is 22.6 Å². The summed E-state index contributed by atoms with van der Waals surface area (Å²) in [5.41, 5.74) is 3.14. The molecule has 140 valence electrons. The van der Waals surface area contributed by atoms with Crippen molar-refractivity contribution in [2.45, 2.75) is 32.5 Å². The number of hydrogen-bond donors (Lipinski definition) is 2. The highest BCUT2D eigenvalue weighted by molar-refractivity contribution is 6.06. The van der Waals surface area contributed by atoms with Crippen LogP contribution in [0.2, 0.25) is 0 Å². The van der Waals surface area contributed by atoms with Gasteiger partial charge in [-0.2, -0.15) is 5.10 Å². The molecule has 3 heterocycles. The second kappa shape index (κ2) is 7.75. The minimum absolute atomic E-state index is 0.154. The van der Waals surface area contributed by atoms with Crippen molar-refractivity contribution < 1.29 is 9.53 Å². The largest absolute Gasteiger partial charge is 0.379 e. The Bertz CT molecular complexity index is 932. The van der Waals surface area contributed by atoms with Crippen molar-refractivity contribution in [3.8, 4) is 0 Å². The topological polar surface area (TPSA) is 81.1 Å². The number of aryl methyl sites for hydroxylation is 1. The Morgan fingerprint density at radius 1 is 1.30 bits per heavy atom. The number of nitrogens with zero attached hydrogens (tertiary/aromatic N) is 3. The van der Waals surface area contributed by atoms with Gasteiger partial charge in [-0.15, -0.1) is 0 Å². The molecular weight excluding hydrogens is 342 g/mol. The van der Waals surface area contributed by atoms with Crippen LogP contribution < -0.4 is 10.6 Å². The molecule has 0 bridgehead atoms. The van der Waals surface area contributed by atoms with E-state index in [-0.39, 0.29) is 11.9 Å². The first-order valence-electron chi connectivity index (χ1n) is 9.27. The number of benzene rings is 1. The summed E-state index contributed by atoms with van der Waals surface area (Å²) in [5.74, 6) is -0.154. The van der Waals surface area contributed by atoms with Gasteiger partial charge in [0.25, 0.3) is 5.91 Å². The van der Waals surface area contributed by atoms with Crippen LogP contribution in [0.3, 0.4) is 0 Å². The molecule has 1 atom stereocenters. The van der Waals surface area contributed by atoms with Gasteiger partial charge in [0.1, 0.15) is 0 Å². The summed E-state index contributed by atoms with van der Waals surface area (Å²) in [5, 5.41) is 11.7. The second-order valence-corrected chi connectivity index (χ2v) is 6.62.